The van der Waals surface area contributed by atoms with Gasteiger partial charge < -0.3 is 17.0 Å². The normalized spacial score (nSPS) is 18.8. The number of ether oxygens (including phenoxy) is 1. The van der Waals surface area contributed by atoms with Gasteiger partial charge in [-0.1, -0.05) is 17.6 Å². The Balaban J connectivity index is 2.11. The SMILES string of the molecule is CCOCCS[P+]([S-])=NC=NC1CCCC1. The Morgan fingerprint density at radius 3 is 2.94 bits per heavy atom. The highest BCUT2D eigenvalue weighted by Gasteiger charge is 2.12. The summed E-state index contributed by atoms with van der Waals surface area (Å²) < 4.78 is 9.52. The number of rotatable bonds is 7. The Bertz CT molecular complexity index is 243. The maximum atomic E-state index is 5.24. The van der Waals surface area contributed by atoms with Crippen LogP contribution in [-0.4, -0.2) is 31.3 Å². The van der Waals surface area contributed by atoms with Crippen molar-refractivity contribution in [1.29, 1.82) is 0 Å². The first-order valence-corrected chi connectivity index (χ1v) is 9.63. The summed E-state index contributed by atoms with van der Waals surface area (Å²) in [6, 6.07) is 0.510. The van der Waals surface area contributed by atoms with Crippen LogP contribution in [0, 0.1) is 0 Å². The molecule has 16 heavy (non-hydrogen) atoms. The van der Waals surface area contributed by atoms with Crippen molar-refractivity contribution in [3.05, 3.63) is 0 Å². The van der Waals surface area contributed by atoms with E-state index in [1.165, 1.54) is 25.7 Å². The fraction of sp³-hybridized carbons (Fsp3) is 0.900. The number of aliphatic imine (C=N–C) groups is 1. The smallest absolute Gasteiger partial charge is 0.155 e. The number of hydrogen-bond acceptors (Lipinski definition) is 4. The number of nitrogens with zero attached hydrogens (tertiary/aromatic N) is 2. The van der Waals surface area contributed by atoms with Crippen LogP contribution in [0.1, 0.15) is 32.6 Å². The molecule has 1 saturated carbocycles. The molecule has 0 amide bonds. The lowest BCUT2D eigenvalue weighted by Gasteiger charge is -1.98. The summed E-state index contributed by atoms with van der Waals surface area (Å²) in [6.07, 6.45) is 6.04. The highest BCUT2D eigenvalue weighted by atomic mass is 33.1. The molecular formula is C10H19N2OPS2. The molecule has 0 spiro atoms. The van der Waals surface area contributed by atoms with E-state index < -0.39 is 6.12 Å². The van der Waals surface area contributed by atoms with Crippen LogP contribution >= 0.6 is 17.5 Å². The zero-order valence-corrected chi connectivity index (χ0v) is 12.2. The largest absolute Gasteiger partial charge is 0.454 e. The van der Waals surface area contributed by atoms with E-state index in [4.69, 9.17) is 17.0 Å². The summed E-state index contributed by atoms with van der Waals surface area (Å²) in [5.74, 6) is 0.934. The maximum Gasteiger partial charge on any atom is 0.155 e. The molecule has 3 nitrogen and oxygen atoms in total. The molecule has 1 atom stereocenters. The molecule has 1 aliphatic rings. The predicted octanol–water partition coefficient (Wildman–Crippen LogP) is 3.77. The van der Waals surface area contributed by atoms with Crippen molar-refractivity contribution in [1.82, 2.24) is 0 Å². The topological polar surface area (TPSA) is 34.0 Å². The van der Waals surface area contributed by atoms with Crippen molar-refractivity contribution in [3.63, 3.8) is 0 Å². The third-order valence-electron chi connectivity index (χ3n) is 2.38. The van der Waals surface area contributed by atoms with Gasteiger partial charge in [0, 0.05) is 6.61 Å². The summed E-state index contributed by atoms with van der Waals surface area (Å²) in [4.78, 5) is 4.42. The van der Waals surface area contributed by atoms with Crippen molar-refractivity contribution in [2.75, 3.05) is 19.0 Å². The van der Waals surface area contributed by atoms with Crippen molar-refractivity contribution < 1.29 is 4.74 Å². The quantitative estimate of drug-likeness (QED) is 0.234. The van der Waals surface area contributed by atoms with Gasteiger partial charge in [0.1, 0.15) is 6.12 Å². The van der Waals surface area contributed by atoms with Crippen LogP contribution in [0.25, 0.3) is 0 Å². The molecule has 0 bridgehead atoms. The molecule has 0 aromatic carbocycles. The summed E-state index contributed by atoms with van der Waals surface area (Å²) in [7, 11) is 0. The first-order chi connectivity index (χ1) is 7.83. The average molecular weight is 278 g/mol. The highest BCUT2D eigenvalue weighted by molar-refractivity contribution is 8.75. The van der Waals surface area contributed by atoms with Crippen molar-refractivity contribution in [2.45, 2.75) is 38.6 Å². The lowest BCUT2D eigenvalue weighted by molar-refractivity contribution is 0.165. The average Bonchev–Trinajstić information content (AvgIpc) is 2.77. The second kappa shape index (κ2) is 9.46. The van der Waals surface area contributed by atoms with Gasteiger partial charge in [-0.25, -0.2) is 0 Å². The van der Waals surface area contributed by atoms with Gasteiger partial charge in [-0.05, 0) is 19.8 Å². The predicted molar refractivity (Wildman–Crippen MR) is 76.4 cm³/mol. The van der Waals surface area contributed by atoms with E-state index in [0.29, 0.717) is 6.04 Å². The minimum absolute atomic E-state index is 0.510. The Kier molecular flexibility index (Phi) is 8.57. The molecule has 92 valence electrons. The second-order valence-electron chi connectivity index (χ2n) is 3.59. The third-order valence-corrected chi connectivity index (χ3v) is 5.97. The number of hydrogen-bond donors (Lipinski definition) is 0. The molecule has 0 aromatic rings. The van der Waals surface area contributed by atoms with Gasteiger partial charge in [0.05, 0.1) is 29.8 Å². The third kappa shape index (κ3) is 6.89. The minimum atomic E-state index is -0.722. The van der Waals surface area contributed by atoms with E-state index in [-0.39, 0.29) is 0 Å². The van der Waals surface area contributed by atoms with Crippen LogP contribution in [0.15, 0.2) is 9.74 Å². The Hall–Kier alpha value is 0.430. The van der Waals surface area contributed by atoms with Gasteiger partial charge >= 0.3 is 0 Å². The monoisotopic (exact) mass is 278 g/mol. The summed E-state index contributed by atoms with van der Waals surface area (Å²) in [5, 5.41) is 0. The van der Waals surface area contributed by atoms with Crippen LogP contribution in [-0.2, 0) is 17.0 Å². The summed E-state index contributed by atoms with van der Waals surface area (Å²) >= 11 is 6.94. The zero-order chi connectivity index (χ0) is 11.6. The molecule has 0 aliphatic heterocycles. The van der Waals surface area contributed by atoms with E-state index in [9.17, 15) is 0 Å². The molecule has 0 aromatic heterocycles. The molecular weight excluding hydrogens is 259 g/mol. The molecule has 0 radical (unpaired) electrons. The molecule has 1 rings (SSSR count). The first-order valence-electron chi connectivity index (χ1n) is 5.73. The van der Waals surface area contributed by atoms with Crippen molar-refractivity contribution in [2.24, 2.45) is 9.74 Å². The minimum Gasteiger partial charge on any atom is -0.454 e. The highest BCUT2D eigenvalue weighted by Crippen LogP contribution is 2.38. The molecule has 1 aliphatic carbocycles. The molecule has 0 saturated heterocycles. The lowest BCUT2D eigenvalue weighted by Crippen LogP contribution is -1.95. The van der Waals surface area contributed by atoms with E-state index in [0.717, 1.165) is 19.0 Å². The van der Waals surface area contributed by atoms with E-state index in [1.54, 1.807) is 17.7 Å². The molecule has 6 heteroatoms. The second-order valence-corrected chi connectivity index (χ2v) is 8.50. The molecule has 1 fully saturated rings. The van der Waals surface area contributed by atoms with E-state index in [2.05, 4.69) is 9.74 Å². The maximum absolute atomic E-state index is 5.24. The van der Waals surface area contributed by atoms with Gasteiger partial charge in [-0.3, -0.25) is 4.99 Å². The Morgan fingerprint density at radius 1 is 1.50 bits per heavy atom. The fourth-order valence-electron chi connectivity index (χ4n) is 1.57. The van der Waals surface area contributed by atoms with Crippen LogP contribution in [0.5, 0.6) is 0 Å². The molecule has 1 unspecified atom stereocenters. The van der Waals surface area contributed by atoms with E-state index in [1.807, 2.05) is 6.92 Å². The molecule has 0 heterocycles. The van der Waals surface area contributed by atoms with Gasteiger partial charge in [0.2, 0.25) is 0 Å². The lowest BCUT2D eigenvalue weighted by atomic mass is 10.3. The van der Waals surface area contributed by atoms with Gasteiger partial charge in [-0.15, -0.1) is 0 Å². The van der Waals surface area contributed by atoms with Crippen LogP contribution < -0.4 is 0 Å². The van der Waals surface area contributed by atoms with Crippen molar-refractivity contribution >= 4 is 36.1 Å². The van der Waals surface area contributed by atoms with Gasteiger partial charge in [-0.2, -0.15) is 0 Å². The Morgan fingerprint density at radius 2 is 2.25 bits per heavy atom. The first kappa shape index (κ1) is 14.5. The molecule has 0 N–H and O–H groups in total. The summed E-state index contributed by atoms with van der Waals surface area (Å²) in [6.45, 7) is 3.54. The van der Waals surface area contributed by atoms with Crippen LogP contribution in [0.2, 0.25) is 0 Å². The van der Waals surface area contributed by atoms with Gasteiger partial charge in [0.25, 0.3) is 0 Å². The zero-order valence-electron chi connectivity index (χ0n) is 9.67. The van der Waals surface area contributed by atoms with Crippen LogP contribution in [0.4, 0.5) is 0 Å². The summed E-state index contributed by atoms with van der Waals surface area (Å²) in [5.41, 5.74) is 0. The Labute approximate surface area is 108 Å². The fourth-order valence-corrected chi connectivity index (χ4v) is 3.95. The van der Waals surface area contributed by atoms with Gasteiger partial charge in [0.15, 0.2) is 6.34 Å². The standard InChI is InChI=1S/C10H19N2OPS2/c1-2-13-7-8-16-14(15)12-9-11-10-5-3-4-6-10/h9-10H,2-8H2,1H3. The van der Waals surface area contributed by atoms with E-state index >= 15 is 0 Å². The van der Waals surface area contributed by atoms with Crippen molar-refractivity contribution in [3.8, 4) is 0 Å². The van der Waals surface area contributed by atoms with Crippen LogP contribution in [0.3, 0.4) is 0 Å².